The van der Waals surface area contributed by atoms with Crippen LogP contribution in [0, 0.1) is 5.92 Å². The fourth-order valence-corrected chi connectivity index (χ4v) is 3.81. The fraction of sp³-hybridized carbons (Fsp3) is 0.462. The third kappa shape index (κ3) is 8.73. The summed E-state index contributed by atoms with van der Waals surface area (Å²) in [6.07, 6.45) is 2.24. The second kappa shape index (κ2) is 14.0. The molecule has 0 saturated carbocycles. The van der Waals surface area contributed by atoms with Crippen LogP contribution in [0.5, 0.6) is 0 Å². The molecule has 0 fully saturated rings. The number of halogens is 4. The Morgan fingerprint density at radius 2 is 1.97 bits per heavy atom. The number of aliphatic imine (C=N–C) groups is 1. The second-order valence-corrected chi connectivity index (χ2v) is 8.91. The first kappa shape index (κ1) is 30.1. The van der Waals surface area contributed by atoms with Crippen LogP contribution in [0.15, 0.2) is 35.5 Å². The SMILES string of the molecule is C/C=C\N=CC(C)C(=O)N1CCc2nc(Cl)nc(NCc3cc(NC)cc(C(F)(F)F)c3)c2C1.CCC. The zero-order chi connectivity index (χ0) is 27.6. The zero-order valence-electron chi connectivity index (χ0n) is 21.8. The van der Waals surface area contributed by atoms with E-state index in [1.165, 1.54) is 6.42 Å². The average Bonchev–Trinajstić information content (AvgIpc) is 2.86. The molecule has 0 aliphatic carbocycles. The minimum atomic E-state index is -4.47. The van der Waals surface area contributed by atoms with Crippen molar-refractivity contribution < 1.29 is 18.0 Å². The summed E-state index contributed by atoms with van der Waals surface area (Å²) in [4.78, 5) is 27.2. The molecule has 7 nitrogen and oxygen atoms in total. The summed E-state index contributed by atoms with van der Waals surface area (Å²) >= 11 is 6.09. The molecule has 1 aliphatic rings. The van der Waals surface area contributed by atoms with Gasteiger partial charge in [0.05, 0.1) is 23.7 Å². The van der Waals surface area contributed by atoms with Crippen molar-refractivity contribution >= 4 is 35.2 Å². The number of allylic oxidation sites excluding steroid dienone is 1. The summed E-state index contributed by atoms with van der Waals surface area (Å²) in [6.45, 7) is 8.68. The molecule has 11 heteroatoms. The molecule has 1 amide bonds. The number of anilines is 2. The van der Waals surface area contributed by atoms with E-state index in [0.717, 1.165) is 12.1 Å². The molecule has 2 aromatic rings. The standard InChI is InChI=1S/C23H26ClF3N6O.C3H8/c1-4-6-29-11-14(2)21(34)33-7-5-19-18(13-33)20(32-22(24)31-19)30-12-15-8-16(23(25,26)27)10-17(9-15)28-3;1-3-2/h4,6,8-11,14,28H,5,7,12-13H2,1-3H3,(H,30,31,32);3H2,1-2H3/b6-4-,29-11?;. The van der Waals surface area contributed by atoms with E-state index < -0.39 is 17.7 Å². The van der Waals surface area contributed by atoms with Crippen LogP contribution >= 0.6 is 11.6 Å². The van der Waals surface area contributed by atoms with Crippen LogP contribution in [0.3, 0.4) is 0 Å². The number of benzene rings is 1. The molecule has 2 heterocycles. The summed E-state index contributed by atoms with van der Waals surface area (Å²) in [5.41, 5.74) is 1.42. The second-order valence-electron chi connectivity index (χ2n) is 8.57. The molecular formula is C26H34ClF3N6O. The molecule has 0 spiro atoms. The Morgan fingerprint density at radius 1 is 1.27 bits per heavy atom. The van der Waals surface area contributed by atoms with Gasteiger partial charge in [-0.05, 0) is 49.2 Å². The van der Waals surface area contributed by atoms with Gasteiger partial charge in [0.1, 0.15) is 5.82 Å². The van der Waals surface area contributed by atoms with Crippen LogP contribution in [-0.2, 0) is 30.5 Å². The topological polar surface area (TPSA) is 82.5 Å². The first-order chi connectivity index (χ1) is 17.5. The number of rotatable bonds is 7. The first-order valence-electron chi connectivity index (χ1n) is 12.1. The maximum Gasteiger partial charge on any atom is 0.416 e. The monoisotopic (exact) mass is 538 g/mol. The normalized spacial score (nSPS) is 14.2. The number of carbonyl (C=O) groups excluding carboxylic acids is 1. The van der Waals surface area contributed by atoms with Gasteiger partial charge >= 0.3 is 6.18 Å². The Hall–Kier alpha value is -3.14. The van der Waals surface area contributed by atoms with Crippen LogP contribution in [-0.4, -0.2) is 40.6 Å². The van der Waals surface area contributed by atoms with E-state index in [0.29, 0.717) is 41.3 Å². The Morgan fingerprint density at radius 3 is 2.59 bits per heavy atom. The maximum atomic E-state index is 13.3. The smallest absolute Gasteiger partial charge is 0.388 e. The van der Waals surface area contributed by atoms with Crippen LogP contribution < -0.4 is 10.6 Å². The van der Waals surface area contributed by atoms with Crippen LogP contribution in [0.25, 0.3) is 0 Å². The third-order valence-corrected chi connectivity index (χ3v) is 5.52. The molecule has 3 rings (SSSR count). The molecule has 0 radical (unpaired) electrons. The molecule has 0 saturated heterocycles. The first-order valence-corrected chi connectivity index (χ1v) is 12.5. The summed E-state index contributed by atoms with van der Waals surface area (Å²) in [5, 5.41) is 5.87. The van der Waals surface area contributed by atoms with Gasteiger partial charge in [0.15, 0.2) is 0 Å². The highest BCUT2D eigenvalue weighted by molar-refractivity contribution is 6.28. The lowest BCUT2D eigenvalue weighted by Gasteiger charge is -2.30. The van der Waals surface area contributed by atoms with Gasteiger partial charge in [-0.2, -0.15) is 13.2 Å². The highest BCUT2D eigenvalue weighted by Crippen LogP contribution is 2.32. The molecule has 1 unspecified atom stereocenters. The van der Waals surface area contributed by atoms with Crippen molar-refractivity contribution in [3.63, 3.8) is 0 Å². The number of alkyl halides is 3. The fourth-order valence-electron chi connectivity index (χ4n) is 3.62. The lowest BCUT2D eigenvalue weighted by molar-refractivity contribution is -0.137. The van der Waals surface area contributed by atoms with E-state index in [1.807, 2.05) is 6.92 Å². The molecular weight excluding hydrogens is 505 g/mol. The van der Waals surface area contributed by atoms with Crippen molar-refractivity contribution in [2.75, 3.05) is 24.2 Å². The average molecular weight is 539 g/mol. The zero-order valence-corrected chi connectivity index (χ0v) is 22.5. The number of fused-ring (bicyclic) bond motifs is 1. The van der Waals surface area contributed by atoms with E-state index in [1.54, 1.807) is 43.4 Å². The molecule has 0 bridgehead atoms. The van der Waals surface area contributed by atoms with Crippen molar-refractivity contribution in [2.45, 2.75) is 59.8 Å². The molecule has 1 atom stereocenters. The van der Waals surface area contributed by atoms with Crippen molar-refractivity contribution in [3.8, 4) is 0 Å². The van der Waals surface area contributed by atoms with Crippen molar-refractivity contribution in [1.29, 1.82) is 0 Å². The van der Waals surface area contributed by atoms with E-state index in [4.69, 9.17) is 11.6 Å². The van der Waals surface area contributed by atoms with E-state index >= 15 is 0 Å². The summed E-state index contributed by atoms with van der Waals surface area (Å²) in [7, 11) is 1.56. The van der Waals surface area contributed by atoms with Gasteiger partial charge in [0.25, 0.3) is 0 Å². The van der Waals surface area contributed by atoms with E-state index in [-0.39, 0.29) is 24.3 Å². The number of aromatic nitrogens is 2. The van der Waals surface area contributed by atoms with E-state index in [9.17, 15) is 18.0 Å². The Labute approximate surface area is 221 Å². The molecule has 1 aromatic carbocycles. The Bertz CT molecular complexity index is 1120. The van der Waals surface area contributed by atoms with Crippen LogP contribution in [0.4, 0.5) is 24.7 Å². The molecule has 1 aromatic heterocycles. The number of hydrogen-bond acceptors (Lipinski definition) is 6. The molecule has 2 N–H and O–H groups in total. The highest BCUT2D eigenvalue weighted by Gasteiger charge is 2.31. The van der Waals surface area contributed by atoms with E-state index in [2.05, 4.69) is 39.4 Å². The van der Waals surface area contributed by atoms with Crippen molar-refractivity contribution in [1.82, 2.24) is 14.9 Å². The van der Waals surface area contributed by atoms with Gasteiger partial charge in [-0.1, -0.05) is 26.3 Å². The van der Waals surface area contributed by atoms with Gasteiger partial charge in [-0.15, -0.1) is 0 Å². The summed E-state index contributed by atoms with van der Waals surface area (Å²) < 4.78 is 39.8. The minimum Gasteiger partial charge on any atom is -0.388 e. The van der Waals surface area contributed by atoms with Gasteiger partial charge in [-0.3, -0.25) is 9.79 Å². The maximum absolute atomic E-state index is 13.3. The number of carbonyl (C=O) groups is 1. The number of amides is 1. The number of nitrogens with zero attached hydrogens (tertiary/aromatic N) is 4. The quantitative estimate of drug-likeness (QED) is 0.317. The van der Waals surface area contributed by atoms with Crippen molar-refractivity contribution in [3.05, 3.63) is 58.1 Å². The summed E-state index contributed by atoms with van der Waals surface area (Å²) in [6, 6.07) is 3.76. The lowest BCUT2D eigenvalue weighted by Crippen LogP contribution is -2.40. The van der Waals surface area contributed by atoms with Gasteiger partial charge < -0.3 is 15.5 Å². The predicted octanol–water partition coefficient (Wildman–Crippen LogP) is 6.34. The Kier molecular flexibility index (Phi) is 11.4. The lowest BCUT2D eigenvalue weighted by atomic mass is 10.0. The molecule has 37 heavy (non-hydrogen) atoms. The highest BCUT2D eigenvalue weighted by atomic mass is 35.5. The Balaban J connectivity index is 0.00000153. The third-order valence-electron chi connectivity index (χ3n) is 5.35. The number of hydrogen-bond donors (Lipinski definition) is 2. The molecule has 202 valence electrons. The molecule has 1 aliphatic heterocycles. The van der Waals surface area contributed by atoms with Gasteiger partial charge in [0, 0.05) is 50.2 Å². The number of nitrogens with one attached hydrogen (secondary N) is 2. The summed E-state index contributed by atoms with van der Waals surface area (Å²) in [5.74, 6) is -0.102. The van der Waals surface area contributed by atoms with Gasteiger partial charge in [-0.25, -0.2) is 9.97 Å². The van der Waals surface area contributed by atoms with Gasteiger partial charge in [0.2, 0.25) is 11.2 Å². The predicted molar refractivity (Wildman–Crippen MR) is 143 cm³/mol. The van der Waals surface area contributed by atoms with Crippen molar-refractivity contribution in [2.24, 2.45) is 10.9 Å². The van der Waals surface area contributed by atoms with Crippen LogP contribution in [0.1, 0.15) is 56.5 Å². The minimum absolute atomic E-state index is 0.0350. The largest absolute Gasteiger partial charge is 0.416 e. The van der Waals surface area contributed by atoms with Crippen LogP contribution in [0.2, 0.25) is 5.28 Å².